The van der Waals surface area contributed by atoms with Gasteiger partial charge in [-0.05, 0) is 6.42 Å². The number of ether oxygens (including phenoxy) is 1. The van der Waals surface area contributed by atoms with Gasteiger partial charge in [-0.15, -0.1) is 0 Å². The molecule has 0 aromatic carbocycles. The van der Waals surface area contributed by atoms with Crippen molar-refractivity contribution in [2.24, 2.45) is 0 Å². The molecule has 88 valence electrons. The van der Waals surface area contributed by atoms with Crippen LogP contribution in [0.5, 0.6) is 0 Å². The van der Waals surface area contributed by atoms with E-state index in [1.54, 1.807) is 0 Å². The molecule has 0 saturated carbocycles. The van der Waals surface area contributed by atoms with Crippen LogP contribution < -0.4 is 10.6 Å². The zero-order chi connectivity index (χ0) is 11.7. The monoisotopic (exact) mass is 227 g/mol. The molecule has 2 aliphatic heterocycles. The van der Waals surface area contributed by atoms with Gasteiger partial charge in [0.1, 0.15) is 6.04 Å². The molecule has 2 heterocycles. The zero-order valence-corrected chi connectivity index (χ0v) is 8.86. The number of hydrogen-bond acceptors (Lipinski definition) is 5. The second-order valence-electron chi connectivity index (χ2n) is 3.80. The van der Waals surface area contributed by atoms with Gasteiger partial charge in [0, 0.05) is 6.54 Å². The molecule has 2 atom stereocenters. The zero-order valence-electron chi connectivity index (χ0n) is 8.86. The molecule has 2 N–H and O–H groups in total. The van der Waals surface area contributed by atoms with E-state index in [0.29, 0.717) is 13.0 Å². The van der Waals surface area contributed by atoms with Crippen molar-refractivity contribution in [3.05, 3.63) is 0 Å². The number of hydrogen-bond donors (Lipinski definition) is 2. The van der Waals surface area contributed by atoms with Gasteiger partial charge in [-0.3, -0.25) is 14.5 Å². The van der Waals surface area contributed by atoms with Gasteiger partial charge in [-0.25, -0.2) is 4.79 Å². The molecule has 2 fully saturated rings. The van der Waals surface area contributed by atoms with Crippen LogP contribution in [0.4, 0.5) is 4.79 Å². The summed E-state index contributed by atoms with van der Waals surface area (Å²) in [5, 5.41) is 5.37. The summed E-state index contributed by atoms with van der Waals surface area (Å²) < 4.78 is 4.59. The van der Waals surface area contributed by atoms with Crippen molar-refractivity contribution < 1.29 is 19.1 Å². The largest absolute Gasteiger partial charge is 0.468 e. The Morgan fingerprint density at radius 1 is 1.50 bits per heavy atom. The molecule has 0 spiro atoms. The predicted octanol–water partition coefficient (Wildman–Crippen LogP) is -1.56. The topological polar surface area (TPSA) is 87.7 Å². The Labute approximate surface area is 92.1 Å². The van der Waals surface area contributed by atoms with Crippen molar-refractivity contribution in [3.63, 3.8) is 0 Å². The Morgan fingerprint density at radius 2 is 2.25 bits per heavy atom. The molecule has 3 amide bonds. The van der Waals surface area contributed by atoms with E-state index in [2.05, 4.69) is 15.4 Å². The molecule has 0 radical (unpaired) electrons. The maximum Gasteiger partial charge on any atom is 0.324 e. The summed E-state index contributed by atoms with van der Waals surface area (Å²) in [5.74, 6) is -0.614. The van der Waals surface area contributed by atoms with E-state index >= 15 is 0 Å². The lowest BCUT2D eigenvalue weighted by atomic mass is 10.1. The smallest absolute Gasteiger partial charge is 0.324 e. The number of esters is 1. The minimum Gasteiger partial charge on any atom is -0.468 e. The highest BCUT2D eigenvalue weighted by Gasteiger charge is 2.41. The van der Waals surface area contributed by atoms with Gasteiger partial charge in [0.2, 0.25) is 5.91 Å². The predicted molar refractivity (Wildman–Crippen MR) is 52.5 cm³/mol. The van der Waals surface area contributed by atoms with Gasteiger partial charge >= 0.3 is 12.0 Å². The second-order valence-corrected chi connectivity index (χ2v) is 3.80. The van der Waals surface area contributed by atoms with E-state index in [1.165, 1.54) is 12.0 Å². The Morgan fingerprint density at radius 3 is 2.81 bits per heavy atom. The Balaban J connectivity index is 2.00. The number of rotatable bonds is 2. The Bertz CT molecular complexity index is 328. The minimum atomic E-state index is -0.434. The summed E-state index contributed by atoms with van der Waals surface area (Å²) in [6.45, 7) is 0.469. The average Bonchev–Trinajstić information content (AvgIpc) is 2.85. The number of nitrogens with one attached hydrogen (secondary N) is 2. The molecule has 2 unspecified atom stereocenters. The quantitative estimate of drug-likeness (QED) is 0.440. The summed E-state index contributed by atoms with van der Waals surface area (Å²) in [7, 11) is 1.31. The van der Waals surface area contributed by atoms with Gasteiger partial charge in [0.05, 0.1) is 19.7 Å². The molecule has 0 aromatic rings. The van der Waals surface area contributed by atoms with Crippen molar-refractivity contribution in [3.8, 4) is 0 Å². The number of amides is 3. The lowest BCUT2D eigenvalue weighted by Crippen LogP contribution is -2.41. The molecule has 2 rings (SSSR count). The van der Waals surface area contributed by atoms with E-state index < -0.39 is 6.04 Å². The average molecular weight is 227 g/mol. The summed E-state index contributed by atoms with van der Waals surface area (Å²) in [6, 6.07) is -1.09. The molecular weight excluding hydrogens is 214 g/mol. The van der Waals surface area contributed by atoms with E-state index in [4.69, 9.17) is 0 Å². The first kappa shape index (κ1) is 10.9. The van der Waals surface area contributed by atoms with Gasteiger partial charge in [0.15, 0.2) is 0 Å². The number of carbonyl (C=O) groups excluding carboxylic acids is 3. The third kappa shape index (κ3) is 1.73. The van der Waals surface area contributed by atoms with E-state index in [1.807, 2.05) is 0 Å². The maximum atomic E-state index is 11.4. The minimum absolute atomic E-state index is 0.0399. The number of nitrogens with zero attached hydrogens (tertiary/aromatic N) is 1. The van der Waals surface area contributed by atoms with Gasteiger partial charge in [-0.1, -0.05) is 0 Å². The molecular formula is C9H13N3O4. The van der Waals surface area contributed by atoms with E-state index in [0.717, 1.165) is 0 Å². The third-order valence-electron chi connectivity index (χ3n) is 2.84. The van der Waals surface area contributed by atoms with Crippen LogP contribution in [0.2, 0.25) is 0 Å². The SMILES string of the molecule is COC(=O)C1CC(N2C(=O)CNC2=O)CN1. The van der Waals surface area contributed by atoms with Crippen molar-refractivity contribution >= 4 is 17.9 Å². The third-order valence-corrected chi connectivity index (χ3v) is 2.84. The van der Waals surface area contributed by atoms with Crippen molar-refractivity contribution in [1.29, 1.82) is 0 Å². The lowest BCUT2D eigenvalue weighted by molar-refractivity contribution is -0.143. The molecule has 2 saturated heterocycles. The first-order chi connectivity index (χ1) is 7.63. The second kappa shape index (κ2) is 4.09. The van der Waals surface area contributed by atoms with Crippen LogP contribution in [0.15, 0.2) is 0 Å². The van der Waals surface area contributed by atoms with Crippen molar-refractivity contribution in [2.75, 3.05) is 20.2 Å². The molecule has 0 aromatic heterocycles. The summed E-state index contributed by atoms with van der Waals surface area (Å²) in [6.07, 6.45) is 0.409. The van der Waals surface area contributed by atoms with Crippen LogP contribution in [-0.2, 0) is 14.3 Å². The fraction of sp³-hybridized carbons (Fsp3) is 0.667. The summed E-state index contributed by atoms with van der Waals surface area (Å²) in [5.41, 5.74) is 0. The molecule has 7 nitrogen and oxygen atoms in total. The van der Waals surface area contributed by atoms with Crippen molar-refractivity contribution in [2.45, 2.75) is 18.5 Å². The fourth-order valence-corrected chi connectivity index (χ4v) is 2.04. The highest BCUT2D eigenvalue weighted by Crippen LogP contribution is 2.17. The molecule has 0 aliphatic carbocycles. The van der Waals surface area contributed by atoms with Crippen LogP contribution in [-0.4, -0.2) is 55.1 Å². The molecule has 16 heavy (non-hydrogen) atoms. The first-order valence-electron chi connectivity index (χ1n) is 5.04. The van der Waals surface area contributed by atoms with E-state index in [9.17, 15) is 14.4 Å². The summed E-state index contributed by atoms with van der Waals surface area (Å²) >= 11 is 0. The van der Waals surface area contributed by atoms with Crippen LogP contribution in [0, 0.1) is 0 Å². The highest BCUT2D eigenvalue weighted by molar-refractivity contribution is 6.02. The maximum absolute atomic E-state index is 11.4. The number of urea groups is 1. The fourth-order valence-electron chi connectivity index (χ4n) is 2.04. The van der Waals surface area contributed by atoms with Gasteiger partial charge in [-0.2, -0.15) is 0 Å². The highest BCUT2D eigenvalue weighted by atomic mass is 16.5. The number of methoxy groups -OCH3 is 1. The summed E-state index contributed by atoms with van der Waals surface area (Å²) in [4.78, 5) is 35.2. The lowest BCUT2D eigenvalue weighted by Gasteiger charge is -2.19. The number of carbonyl (C=O) groups is 3. The van der Waals surface area contributed by atoms with Crippen LogP contribution >= 0.6 is 0 Å². The molecule has 2 aliphatic rings. The Kier molecular flexibility index (Phi) is 2.78. The normalized spacial score (nSPS) is 29.4. The Hall–Kier alpha value is -1.63. The van der Waals surface area contributed by atoms with Crippen LogP contribution in [0.3, 0.4) is 0 Å². The van der Waals surface area contributed by atoms with Gasteiger partial charge in [0.25, 0.3) is 0 Å². The first-order valence-corrected chi connectivity index (χ1v) is 5.04. The van der Waals surface area contributed by atoms with E-state index in [-0.39, 0.29) is 30.5 Å². The number of imide groups is 1. The molecule has 7 heteroatoms. The molecule has 0 bridgehead atoms. The van der Waals surface area contributed by atoms with Crippen molar-refractivity contribution in [1.82, 2.24) is 15.5 Å². The van der Waals surface area contributed by atoms with Crippen LogP contribution in [0.25, 0.3) is 0 Å². The standard InChI is InChI=1S/C9H13N3O4/c1-16-8(14)6-2-5(3-10-6)12-7(13)4-11-9(12)15/h5-6,10H,2-4H2,1H3,(H,11,15). The van der Waals surface area contributed by atoms with Crippen LogP contribution in [0.1, 0.15) is 6.42 Å². The van der Waals surface area contributed by atoms with Gasteiger partial charge < -0.3 is 15.4 Å².